The molecule has 0 bridgehead atoms. The molecule has 6 nitrogen and oxygen atoms in total. The van der Waals surface area contributed by atoms with Gasteiger partial charge in [-0.1, -0.05) is 112 Å². The Labute approximate surface area is 294 Å². The highest BCUT2D eigenvalue weighted by Gasteiger charge is 2.53. The summed E-state index contributed by atoms with van der Waals surface area (Å²) in [6.07, 6.45) is 0.750. The van der Waals surface area contributed by atoms with Crippen LogP contribution in [0.1, 0.15) is 34.8 Å². The zero-order chi connectivity index (χ0) is 33.3. The fourth-order valence-corrected chi connectivity index (χ4v) is 6.50. The van der Waals surface area contributed by atoms with Crippen molar-refractivity contribution in [2.45, 2.75) is 30.9 Å². The summed E-state index contributed by atoms with van der Waals surface area (Å²) < 4.78 is 13.4. The third-order valence-electron chi connectivity index (χ3n) is 8.36. The van der Waals surface area contributed by atoms with Gasteiger partial charge in [-0.25, -0.2) is 4.99 Å². The number of aliphatic hydroxyl groups excluding tert-OH is 1. The van der Waals surface area contributed by atoms with E-state index in [1.807, 2.05) is 103 Å². The van der Waals surface area contributed by atoms with E-state index in [4.69, 9.17) is 31.2 Å². The van der Waals surface area contributed by atoms with Crippen LogP contribution < -0.4 is 10.1 Å². The fraction of sp³-hybridized carbons (Fsp3) is 0.200. The molecule has 48 heavy (non-hydrogen) atoms. The number of halogens is 2. The van der Waals surface area contributed by atoms with Crippen molar-refractivity contribution in [3.8, 4) is 16.9 Å². The lowest BCUT2D eigenvalue weighted by Gasteiger charge is -2.31. The van der Waals surface area contributed by atoms with Crippen LogP contribution in [-0.2, 0) is 22.4 Å². The Hall–Kier alpha value is -4.43. The summed E-state index contributed by atoms with van der Waals surface area (Å²) >= 11 is 9.94. The highest BCUT2D eigenvalue weighted by molar-refractivity contribution is 9.10. The number of nitrogens with one attached hydrogen (secondary N) is 1. The van der Waals surface area contributed by atoms with Crippen LogP contribution in [0, 0.1) is 0 Å². The summed E-state index contributed by atoms with van der Waals surface area (Å²) in [4.78, 5) is 19.8. The largest absolute Gasteiger partial charge is 0.494 e. The van der Waals surface area contributed by atoms with Gasteiger partial charge in [0.2, 0.25) is 5.90 Å². The molecule has 0 fully saturated rings. The molecule has 0 spiro atoms. The molecule has 5 aromatic carbocycles. The van der Waals surface area contributed by atoms with Crippen molar-refractivity contribution >= 4 is 39.3 Å². The molecule has 5 aromatic rings. The van der Waals surface area contributed by atoms with E-state index < -0.39 is 11.6 Å². The second kappa shape index (κ2) is 15.6. The van der Waals surface area contributed by atoms with E-state index in [0.717, 1.165) is 37.9 Å². The van der Waals surface area contributed by atoms with Crippen LogP contribution in [0.4, 0.5) is 0 Å². The van der Waals surface area contributed by atoms with Gasteiger partial charge < -0.3 is 19.9 Å². The summed E-state index contributed by atoms with van der Waals surface area (Å²) in [5.74, 6) is 0.833. The third kappa shape index (κ3) is 7.81. The third-order valence-corrected chi connectivity index (χ3v) is 9.37. The number of aliphatic hydroxyl groups is 1. The number of hydrogen-bond acceptors (Lipinski definition) is 5. The molecular formula is C40H36BrClN2O4. The average Bonchev–Trinajstić information content (AvgIpc) is 3.50. The topological polar surface area (TPSA) is 80.2 Å². The van der Waals surface area contributed by atoms with Gasteiger partial charge in [0.1, 0.15) is 5.75 Å². The number of nitrogens with zero attached hydrogens (tertiary/aromatic N) is 1. The quantitative estimate of drug-likeness (QED) is 0.120. The monoisotopic (exact) mass is 722 g/mol. The number of rotatable bonds is 13. The van der Waals surface area contributed by atoms with Crippen molar-refractivity contribution in [1.29, 1.82) is 0 Å². The maximum absolute atomic E-state index is 14.6. The van der Waals surface area contributed by atoms with Gasteiger partial charge in [0.25, 0.3) is 5.91 Å². The Morgan fingerprint density at radius 1 is 0.875 bits per heavy atom. The van der Waals surface area contributed by atoms with E-state index in [9.17, 15) is 4.79 Å². The van der Waals surface area contributed by atoms with Gasteiger partial charge in [-0.2, -0.15) is 0 Å². The van der Waals surface area contributed by atoms with Gasteiger partial charge in [0.15, 0.2) is 11.6 Å². The first kappa shape index (κ1) is 33.5. The Morgan fingerprint density at radius 2 is 1.58 bits per heavy atom. The predicted octanol–water partition coefficient (Wildman–Crippen LogP) is 8.39. The van der Waals surface area contributed by atoms with Crippen LogP contribution in [0.15, 0.2) is 137 Å². The standard InChI is InChI=1S/C40H36BrClN2O4/c41-36-13-5-4-11-33(36)27-40(39(46)43-23-22-28-8-6-12-34(42)26-28)37(31-16-14-30(15-17-31)29-9-2-1-3-10-29)48-38(44-40)32-18-20-35(21-19-32)47-25-7-24-45/h1-6,8-21,26,37,45H,7,22-25,27H2,(H,43,46)/t37-,40-/m1/s1. The molecule has 2 N–H and O–H groups in total. The lowest BCUT2D eigenvalue weighted by atomic mass is 9.81. The van der Waals surface area contributed by atoms with E-state index in [-0.39, 0.29) is 12.5 Å². The van der Waals surface area contributed by atoms with Crippen molar-refractivity contribution in [2.75, 3.05) is 19.8 Å². The molecule has 6 rings (SSSR count). The Morgan fingerprint density at radius 3 is 2.31 bits per heavy atom. The Bertz CT molecular complexity index is 1870. The van der Waals surface area contributed by atoms with Crippen LogP contribution in [0.2, 0.25) is 5.02 Å². The predicted molar refractivity (Wildman–Crippen MR) is 195 cm³/mol. The maximum Gasteiger partial charge on any atom is 0.252 e. The van der Waals surface area contributed by atoms with Crippen molar-refractivity contribution in [3.05, 3.63) is 159 Å². The molecular weight excluding hydrogens is 688 g/mol. The van der Waals surface area contributed by atoms with E-state index in [0.29, 0.717) is 49.1 Å². The van der Waals surface area contributed by atoms with Gasteiger partial charge in [0, 0.05) is 41.1 Å². The fourth-order valence-electron chi connectivity index (χ4n) is 5.86. The van der Waals surface area contributed by atoms with E-state index in [1.165, 1.54) is 0 Å². The van der Waals surface area contributed by atoms with Crippen molar-refractivity contribution in [3.63, 3.8) is 0 Å². The van der Waals surface area contributed by atoms with Crippen LogP contribution in [-0.4, -0.2) is 42.2 Å². The highest BCUT2D eigenvalue weighted by atomic mass is 79.9. The van der Waals surface area contributed by atoms with Gasteiger partial charge in [-0.05, 0) is 76.7 Å². The summed E-state index contributed by atoms with van der Waals surface area (Å²) in [7, 11) is 0. The normalized spacial score (nSPS) is 17.0. The number of ether oxygens (including phenoxy) is 2. The first-order valence-corrected chi connectivity index (χ1v) is 17.1. The summed E-state index contributed by atoms with van der Waals surface area (Å²) in [6.45, 7) is 0.886. The zero-order valence-corrected chi connectivity index (χ0v) is 28.7. The average molecular weight is 724 g/mol. The molecule has 0 unspecified atom stereocenters. The molecule has 0 radical (unpaired) electrons. The molecule has 2 atom stereocenters. The molecule has 8 heteroatoms. The second-order valence-corrected chi connectivity index (χ2v) is 13.0. The molecule has 1 aliphatic rings. The summed E-state index contributed by atoms with van der Waals surface area (Å²) in [6, 6.07) is 41.4. The molecule has 0 aromatic heterocycles. The SMILES string of the molecule is O=C(NCCc1cccc(Cl)c1)[C@]1(Cc2ccccc2Br)N=C(c2ccc(OCCCO)cc2)O[C@@H]1c1ccc(-c2ccccc2)cc1. The smallest absolute Gasteiger partial charge is 0.252 e. The molecule has 0 saturated heterocycles. The van der Waals surface area contributed by atoms with E-state index in [1.54, 1.807) is 0 Å². The number of carbonyl (C=O) groups excluding carboxylic acids is 1. The van der Waals surface area contributed by atoms with E-state index in [2.05, 4.69) is 45.5 Å². The molecule has 244 valence electrons. The molecule has 1 aliphatic heterocycles. The van der Waals surface area contributed by atoms with Crippen LogP contribution in [0.25, 0.3) is 11.1 Å². The lowest BCUT2D eigenvalue weighted by molar-refractivity contribution is -0.128. The highest BCUT2D eigenvalue weighted by Crippen LogP contribution is 2.44. The minimum absolute atomic E-state index is 0.0667. The number of aliphatic imine (C=N–C) groups is 1. The van der Waals surface area contributed by atoms with Crippen LogP contribution in [0.3, 0.4) is 0 Å². The van der Waals surface area contributed by atoms with Gasteiger partial charge in [-0.15, -0.1) is 0 Å². The molecule has 1 heterocycles. The van der Waals surface area contributed by atoms with Crippen molar-refractivity contribution in [2.24, 2.45) is 4.99 Å². The first-order valence-electron chi connectivity index (χ1n) is 16.0. The Kier molecular flexibility index (Phi) is 10.9. The number of hydrogen-bond donors (Lipinski definition) is 2. The van der Waals surface area contributed by atoms with Crippen molar-refractivity contribution in [1.82, 2.24) is 5.32 Å². The zero-order valence-electron chi connectivity index (χ0n) is 26.3. The number of amides is 1. The maximum atomic E-state index is 14.6. The summed E-state index contributed by atoms with van der Waals surface area (Å²) in [5, 5.41) is 13.0. The minimum atomic E-state index is -1.32. The van der Waals surface area contributed by atoms with Crippen LogP contribution in [0.5, 0.6) is 5.75 Å². The molecule has 1 amide bonds. The first-order chi connectivity index (χ1) is 23.4. The number of carbonyl (C=O) groups is 1. The molecule has 0 saturated carbocycles. The van der Waals surface area contributed by atoms with Gasteiger partial charge in [-0.3, -0.25) is 4.79 Å². The number of benzene rings is 5. The molecule has 0 aliphatic carbocycles. The van der Waals surface area contributed by atoms with Gasteiger partial charge in [0.05, 0.1) is 6.61 Å². The van der Waals surface area contributed by atoms with E-state index >= 15 is 0 Å². The second-order valence-electron chi connectivity index (χ2n) is 11.7. The summed E-state index contributed by atoms with van der Waals surface area (Å²) in [5.41, 5.74) is 4.40. The minimum Gasteiger partial charge on any atom is -0.494 e. The van der Waals surface area contributed by atoms with Crippen LogP contribution >= 0.6 is 27.5 Å². The van der Waals surface area contributed by atoms with Gasteiger partial charge >= 0.3 is 0 Å². The Balaban J connectivity index is 1.38. The lowest BCUT2D eigenvalue weighted by Crippen LogP contribution is -2.50. The van der Waals surface area contributed by atoms with Crippen molar-refractivity contribution < 1.29 is 19.4 Å².